The van der Waals surface area contributed by atoms with Crippen molar-refractivity contribution in [1.29, 1.82) is 5.26 Å². The number of hydrogen-bond acceptors (Lipinski definition) is 7. The summed E-state index contributed by atoms with van der Waals surface area (Å²) in [6.45, 7) is 1.27. The third-order valence-corrected chi connectivity index (χ3v) is 6.13. The topological polar surface area (TPSA) is 93.3 Å². The van der Waals surface area contributed by atoms with Crippen molar-refractivity contribution >= 4 is 16.9 Å². The van der Waals surface area contributed by atoms with E-state index in [0.717, 1.165) is 0 Å². The molecule has 0 aliphatic carbocycles. The number of morpholine rings is 1. The highest BCUT2D eigenvalue weighted by Gasteiger charge is 2.38. The van der Waals surface area contributed by atoms with E-state index in [4.69, 9.17) is 9.47 Å². The Morgan fingerprint density at radius 1 is 1.23 bits per heavy atom. The number of nitriles is 1. The monoisotopic (exact) mass is 421 g/mol. The van der Waals surface area contributed by atoms with Crippen LogP contribution in [0.15, 0.2) is 36.5 Å². The van der Waals surface area contributed by atoms with E-state index in [-0.39, 0.29) is 18.2 Å². The fourth-order valence-corrected chi connectivity index (χ4v) is 4.45. The number of esters is 1. The average molecular weight is 421 g/mol. The molecule has 2 aromatic heterocycles. The molecule has 158 valence electrons. The van der Waals surface area contributed by atoms with E-state index in [1.165, 1.54) is 12.1 Å². The molecule has 2 saturated heterocycles. The lowest BCUT2D eigenvalue weighted by Gasteiger charge is -2.46. The van der Waals surface area contributed by atoms with Gasteiger partial charge in [-0.2, -0.15) is 9.65 Å². The first kappa shape index (κ1) is 19.6. The number of nitrogens with zero attached hydrogens (tertiary/aromatic N) is 5. The molecule has 0 saturated carbocycles. The van der Waals surface area contributed by atoms with Gasteiger partial charge in [0.15, 0.2) is 5.82 Å². The number of likely N-dealkylation sites (N-methyl/N-ethyl adjacent to an activating group) is 1. The number of hydrogen-bond donors (Lipinski definition) is 0. The van der Waals surface area contributed by atoms with Crippen LogP contribution in [0, 0.1) is 17.3 Å². The molecule has 2 aliphatic heterocycles. The predicted octanol–water partition coefficient (Wildman–Crippen LogP) is 2.45. The van der Waals surface area contributed by atoms with Crippen LogP contribution in [0.25, 0.3) is 16.7 Å². The van der Waals surface area contributed by atoms with Gasteiger partial charge in [0.1, 0.15) is 6.10 Å². The maximum Gasteiger partial charge on any atom is 0.340 e. The smallest absolute Gasteiger partial charge is 0.340 e. The summed E-state index contributed by atoms with van der Waals surface area (Å²) < 4.78 is 26.4. The molecule has 31 heavy (non-hydrogen) atoms. The number of halogens is 1. The van der Waals surface area contributed by atoms with E-state index in [1.54, 1.807) is 29.0 Å². The number of rotatable bonds is 3. The lowest BCUT2D eigenvalue weighted by atomic mass is 9.92. The van der Waals surface area contributed by atoms with Gasteiger partial charge in [-0.25, -0.2) is 4.79 Å². The van der Waals surface area contributed by atoms with Crippen LogP contribution in [0.3, 0.4) is 0 Å². The van der Waals surface area contributed by atoms with Gasteiger partial charge < -0.3 is 9.47 Å². The van der Waals surface area contributed by atoms with Crippen LogP contribution in [0.1, 0.15) is 28.8 Å². The standard InChI is InChI=1S/C22H20FN5O3/c1-27-14-7-16(8-15(27)12-30-11-14)31-22(29)18-10-28(21-5-4-20(23)25-26-21)19-3-2-13(9-24)6-17(18)19/h2-6,10,14-16H,7-8,11-12H2,1H3/t14-,15+,16?. The minimum atomic E-state index is -0.691. The van der Waals surface area contributed by atoms with Gasteiger partial charge in [0, 0.05) is 36.5 Å². The number of carbonyl (C=O) groups excluding carboxylic acids is 1. The molecule has 8 nitrogen and oxygen atoms in total. The highest BCUT2D eigenvalue weighted by atomic mass is 19.1. The van der Waals surface area contributed by atoms with Crippen molar-refractivity contribution in [3.63, 3.8) is 0 Å². The Kier molecular flexibility index (Phi) is 4.88. The lowest BCUT2D eigenvalue weighted by molar-refractivity contribution is -0.0970. The fraction of sp³-hybridized carbons (Fsp3) is 0.364. The lowest BCUT2D eigenvalue weighted by Crippen LogP contribution is -2.56. The molecule has 3 atom stereocenters. The quantitative estimate of drug-likeness (QED) is 0.600. The van der Waals surface area contributed by atoms with Crippen molar-refractivity contribution < 1.29 is 18.7 Å². The van der Waals surface area contributed by atoms with Crippen molar-refractivity contribution in [1.82, 2.24) is 19.7 Å². The largest absolute Gasteiger partial charge is 0.459 e. The Hall–Kier alpha value is -3.35. The number of ether oxygens (including phenoxy) is 2. The van der Waals surface area contributed by atoms with E-state index in [0.29, 0.717) is 53.9 Å². The van der Waals surface area contributed by atoms with Gasteiger partial charge in [0.2, 0.25) is 5.95 Å². The van der Waals surface area contributed by atoms with Crippen molar-refractivity contribution in [3.05, 3.63) is 53.6 Å². The number of aromatic nitrogens is 3. The van der Waals surface area contributed by atoms with Crippen molar-refractivity contribution in [2.24, 2.45) is 0 Å². The molecule has 0 amide bonds. The summed E-state index contributed by atoms with van der Waals surface area (Å²) in [5.74, 6) is -0.785. The molecule has 5 rings (SSSR count). The number of benzene rings is 1. The van der Waals surface area contributed by atoms with Crippen molar-refractivity contribution in [2.45, 2.75) is 31.0 Å². The van der Waals surface area contributed by atoms with E-state index >= 15 is 0 Å². The zero-order chi connectivity index (χ0) is 21.5. The second-order valence-electron chi connectivity index (χ2n) is 7.98. The molecule has 1 aromatic carbocycles. The molecular formula is C22H20FN5O3. The van der Waals surface area contributed by atoms with Gasteiger partial charge in [-0.15, -0.1) is 10.2 Å². The second kappa shape index (κ2) is 7.72. The molecule has 0 spiro atoms. The van der Waals surface area contributed by atoms with Crippen LogP contribution in [0.5, 0.6) is 0 Å². The van der Waals surface area contributed by atoms with E-state index in [9.17, 15) is 14.4 Å². The zero-order valence-corrected chi connectivity index (χ0v) is 16.9. The molecule has 9 heteroatoms. The molecule has 2 aliphatic rings. The SMILES string of the molecule is CN1[C@@H]2COC[C@H]1CC(OC(=O)c1cn(-c3ccc(F)nn3)c3ccc(C#N)cc13)C2. The Bertz CT molecular complexity index is 1170. The Balaban J connectivity index is 1.49. The average Bonchev–Trinajstić information content (AvgIpc) is 3.14. The first-order valence-electron chi connectivity index (χ1n) is 10.1. The maximum atomic E-state index is 13.2. The number of piperidine rings is 1. The van der Waals surface area contributed by atoms with Gasteiger partial charge in [-0.05, 0) is 37.4 Å². The maximum absolute atomic E-state index is 13.2. The molecule has 2 bridgehead atoms. The van der Waals surface area contributed by atoms with Gasteiger partial charge in [0.05, 0.1) is 35.9 Å². The predicted molar refractivity (Wildman–Crippen MR) is 108 cm³/mol. The van der Waals surface area contributed by atoms with Gasteiger partial charge in [0.25, 0.3) is 0 Å². The minimum Gasteiger partial charge on any atom is -0.459 e. The van der Waals surface area contributed by atoms with Crippen LogP contribution in [-0.2, 0) is 9.47 Å². The highest BCUT2D eigenvalue weighted by molar-refractivity contribution is 6.05. The van der Waals surface area contributed by atoms with Gasteiger partial charge >= 0.3 is 5.97 Å². The Morgan fingerprint density at radius 3 is 2.68 bits per heavy atom. The van der Waals surface area contributed by atoms with Crippen LogP contribution in [0.4, 0.5) is 4.39 Å². The third-order valence-electron chi connectivity index (χ3n) is 6.13. The zero-order valence-electron chi connectivity index (χ0n) is 16.9. The molecule has 4 heterocycles. The summed E-state index contributed by atoms with van der Waals surface area (Å²) in [6.07, 6.45) is 2.83. The van der Waals surface area contributed by atoms with E-state index in [2.05, 4.69) is 28.2 Å². The highest BCUT2D eigenvalue weighted by Crippen LogP contribution is 2.30. The number of fused-ring (bicyclic) bond motifs is 3. The fourth-order valence-electron chi connectivity index (χ4n) is 4.45. The summed E-state index contributed by atoms with van der Waals surface area (Å²) in [7, 11) is 2.08. The first-order valence-corrected chi connectivity index (χ1v) is 10.1. The first-order chi connectivity index (χ1) is 15.0. The molecule has 1 unspecified atom stereocenters. The van der Waals surface area contributed by atoms with E-state index < -0.39 is 11.9 Å². The van der Waals surface area contributed by atoms with Gasteiger partial charge in [-0.1, -0.05) is 0 Å². The molecular weight excluding hydrogens is 401 g/mol. The summed E-state index contributed by atoms with van der Waals surface area (Å²) in [6, 6.07) is 10.3. The summed E-state index contributed by atoms with van der Waals surface area (Å²) in [5.41, 5.74) is 1.41. The Labute approximate surface area is 177 Å². The van der Waals surface area contributed by atoms with Crippen molar-refractivity contribution in [2.75, 3.05) is 20.3 Å². The van der Waals surface area contributed by atoms with Crippen LogP contribution in [-0.4, -0.2) is 64.1 Å². The molecule has 2 fully saturated rings. The molecule has 0 radical (unpaired) electrons. The molecule has 3 aromatic rings. The van der Waals surface area contributed by atoms with Crippen LogP contribution >= 0.6 is 0 Å². The number of carbonyl (C=O) groups is 1. The van der Waals surface area contributed by atoms with Crippen LogP contribution < -0.4 is 0 Å². The second-order valence-corrected chi connectivity index (χ2v) is 7.98. The summed E-state index contributed by atoms with van der Waals surface area (Å²) >= 11 is 0. The normalized spacial score (nSPS) is 23.5. The summed E-state index contributed by atoms with van der Waals surface area (Å²) in [5, 5.41) is 17.2. The third kappa shape index (κ3) is 3.54. The van der Waals surface area contributed by atoms with E-state index in [1.807, 2.05) is 0 Å². The Morgan fingerprint density at radius 2 is 2.00 bits per heavy atom. The summed E-state index contributed by atoms with van der Waals surface area (Å²) in [4.78, 5) is 15.5. The van der Waals surface area contributed by atoms with Gasteiger partial charge in [-0.3, -0.25) is 9.47 Å². The van der Waals surface area contributed by atoms with Crippen LogP contribution in [0.2, 0.25) is 0 Å². The molecule has 0 N–H and O–H groups in total. The minimum absolute atomic E-state index is 0.203. The van der Waals surface area contributed by atoms with Crippen molar-refractivity contribution in [3.8, 4) is 11.9 Å².